The summed E-state index contributed by atoms with van der Waals surface area (Å²) in [5.74, 6) is 0.990. The topological polar surface area (TPSA) is 16.4 Å². The SMILES string of the molecule is Cc1cc(C)c(N2c3ccccc3[Se]c3c2oc2ccc(C)cc32)c(C)c1. The van der Waals surface area contributed by atoms with E-state index in [1.807, 2.05) is 0 Å². The van der Waals surface area contributed by atoms with E-state index in [0.717, 1.165) is 11.5 Å². The zero-order chi connectivity index (χ0) is 18.7. The van der Waals surface area contributed by atoms with Crippen LogP contribution in [-0.4, -0.2) is 15.0 Å². The molecule has 4 aromatic rings. The number of fused-ring (bicyclic) bond motifs is 4. The van der Waals surface area contributed by atoms with Crippen molar-refractivity contribution < 1.29 is 4.42 Å². The minimum absolute atomic E-state index is 0.230. The fourth-order valence-electron chi connectivity index (χ4n) is 4.12. The summed E-state index contributed by atoms with van der Waals surface area (Å²) in [6, 6.07) is 19.8. The number of para-hydroxylation sites is 1. The van der Waals surface area contributed by atoms with Gasteiger partial charge in [-0.2, -0.15) is 0 Å². The van der Waals surface area contributed by atoms with Crippen LogP contribution in [0.5, 0.6) is 0 Å². The van der Waals surface area contributed by atoms with E-state index in [1.165, 1.54) is 47.9 Å². The standard InChI is InChI=1S/C24H21NOSe/c1-14-9-10-20-18(13-14)23-24(26-20)25(19-7-5-6-8-21(19)27-23)22-16(3)11-15(2)12-17(22)4/h5-13H,1-4H3. The number of benzene rings is 3. The molecule has 0 radical (unpaired) electrons. The van der Waals surface area contributed by atoms with E-state index in [9.17, 15) is 0 Å². The Hall–Kier alpha value is -2.48. The summed E-state index contributed by atoms with van der Waals surface area (Å²) in [5, 5.41) is 1.26. The van der Waals surface area contributed by atoms with Gasteiger partial charge in [0.1, 0.15) is 0 Å². The predicted molar refractivity (Wildman–Crippen MR) is 115 cm³/mol. The molecule has 0 N–H and O–H groups in total. The Morgan fingerprint density at radius 2 is 1.56 bits per heavy atom. The van der Waals surface area contributed by atoms with Gasteiger partial charge in [-0.25, -0.2) is 0 Å². The molecule has 0 bridgehead atoms. The number of rotatable bonds is 1. The van der Waals surface area contributed by atoms with Crippen LogP contribution in [0.2, 0.25) is 0 Å². The number of aryl methyl sites for hydroxylation is 4. The second kappa shape index (κ2) is 6.02. The van der Waals surface area contributed by atoms with E-state index in [1.54, 1.807) is 0 Å². The Balaban J connectivity index is 1.86. The summed E-state index contributed by atoms with van der Waals surface area (Å²) in [6.07, 6.45) is 0. The van der Waals surface area contributed by atoms with Gasteiger partial charge < -0.3 is 0 Å². The Kier molecular flexibility index (Phi) is 3.72. The molecule has 1 aliphatic heterocycles. The first-order chi connectivity index (χ1) is 13.0. The van der Waals surface area contributed by atoms with Crippen molar-refractivity contribution in [3.05, 3.63) is 76.9 Å². The van der Waals surface area contributed by atoms with Gasteiger partial charge in [-0.05, 0) is 0 Å². The second-order valence-corrected chi connectivity index (χ2v) is 9.60. The van der Waals surface area contributed by atoms with Crippen LogP contribution in [0.15, 0.2) is 59.0 Å². The van der Waals surface area contributed by atoms with Crippen LogP contribution < -0.4 is 13.8 Å². The minimum atomic E-state index is 0.230. The monoisotopic (exact) mass is 419 g/mol. The number of hydrogen-bond donors (Lipinski definition) is 0. The first kappa shape index (κ1) is 16.7. The van der Waals surface area contributed by atoms with Crippen LogP contribution in [0.3, 0.4) is 0 Å². The zero-order valence-electron chi connectivity index (χ0n) is 16.0. The normalized spacial score (nSPS) is 13.0. The molecule has 0 saturated heterocycles. The number of furan rings is 1. The van der Waals surface area contributed by atoms with Gasteiger partial charge in [0.25, 0.3) is 0 Å². The summed E-state index contributed by atoms with van der Waals surface area (Å²) >= 11 is 0.230. The van der Waals surface area contributed by atoms with Crippen LogP contribution in [-0.2, 0) is 0 Å². The molecule has 0 atom stereocenters. The average molecular weight is 418 g/mol. The van der Waals surface area contributed by atoms with Crippen LogP contribution in [0.1, 0.15) is 22.3 Å². The van der Waals surface area contributed by atoms with Gasteiger partial charge in [0.15, 0.2) is 0 Å². The van der Waals surface area contributed by atoms with Crippen LogP contribution in [0, 0.1) is 27.7 Å². The third kappa shape index (κ3) is 2.54. The summed E-state index contributed by atoms with van der Waals surface area (Å²) in [6.45, 7) is 8.70. The van der Waals surface area contributed by atoms with E-state index >= 15 is 0 Å². The van der Waals surface area contributed by atoms with E-state index in [4.69, 9.17) is 4.42 Å². The van der Waals surface area contributed by atoms with Gasteiger partial charge in [0.2, 0.25) is 0 Å². The molecule has 3 aromatic carbocycles. The van der Waals surface area contributed by atoms with Gasteiger partial charge in [0.05, 0.1) is 0 Å². The van der Waals surface area contributed by atoms with Gasteiger partial charge >= 0.3 is 166 Å². The van der Waals surface area contributed by atoms with E-state index < -0.39 is 0 Å². The van der Waals surface area contributed by atoms with E-state index in [0.29, 0.717) is 0 Å². The van der Waals surface area contributed by atoms with Crippen LogP contribution >= 0.6 is 0 Å². The Labute approximate surface area is 166 Å². The summed E-state index contributed by atoms with van der Waals surface area (Å²) in [7, 11) is 0. The molecule has 2 nitrogen and oxygen atoms in total. The molecule has 134 valence electrons. The molecule has 0 unspecified atom stereocenters. The number of nitrogens with zero attached hydrogens (tertiary/aromatic N) is 1. The van der Waals surface area contributed by atoms with Crippen molar-refractivity contribution in [3.8, 4) is 0 Å². The maximum atomic E-state index is 6.45. The molecular weight excluding hydrogens is 397 g/mol. The molecule has 0 fully saturated rings. The van der Waals surface area contributed by atoms with Crippen LogP contribution in [0.25, 0.3) is 11.0 Å². The second-order valence-electron chi connectivity index (χ2n) is 7.39. The van der Waals surface area contributed by atoms with Gasteiger partial charge in [0, 0.05) is 0 Å². The zero-order valence-corrected chi connectivity index (χ0v) is 17.7. The summed E-state index contributed by atoms with van der Waals surface area (Å²) < 4.78 is 9.20. The van der Waals surface area contributed by atoms with Gasteiger partial charge in [-0.1, -0.05) is 0 Å². The molecule has 0 aliphatic carbocycles. The van der Waals surface area contributed by atoms with Crippen molar-refractivity contribution in [3.63, 3.8) is 0 Å². The third-order valence-corrected chi connectivity index (χ3v) is 7.60. The summed E-state index contributed by atoms with van der Waals surface area (Å²) in [4.78, 5) is 2.34. The molecule has 1 aromatic heterocycles. The Morgan fingerprint density at radius 1 is 0.815 bits per heavy atom. The number of anilines is 3. The van der Waals surface area contributed by atoms with Crippen molar-refractivity contribution in [2.45, 2.75) is 27.7 Å². The molecule has 0 spiro atoms. The quantitative estimate of drug-likeness (QED) is 0.352. The molecule has 0 amide bonds. The van der Waals surface area contributed by atoms with E-state index in [-0.39, 0.29) is 15.0 Å². The summed E-state index contributed by atoms with van der Waals surface area (Å²) in [5.41, 5.74) is 8.58. The van der Waals surface area contributed by atoms with Crippen molar-refractivity contribution in [2.24, 2.45) is 0 Å². The first-order valence-corrected chi connectivity index (χ1v) is 10.9. The Bertz CT molecular complexity index is 1180. The molecule has 1 aliphatic rings. The van der Waals surface area contributed by atoms with Gasteiger partial charge in [-0.15, -0.1) is 0 Å². The van der Waals surface area contributed by atoms with Crippen molar-refractivity contribution in [1.29, 1.82) is 0 Å². The Morgan fingerprint density at radius 3 is 2.33 bits per heavy atom. The van der Waals surface area contributed by atoms with Crippen molar-refractivity contribution in [2.75, 3.05) is 4.90 Å². The molecule has 0 saturated carbocycles. The van der Waals surface area contributed by atoms with Crippen molar-refractivity contribution >= 4 is 52.1 Å². The van der Waals surface area contributed by atoms with E-state index in [2.05, 4.69) is 87.2 Å². The predicted octanol–water partition coefficient (Wildman–Crippen LogP) is 5.10. The van der Waals surface area contributed by atoms with Crippen molar-refractivity contribution in [1.82, 2.24) is 0 Å². The first-order valence-electron chi connectivity index (χ1n) is 9.21. The molecule has 2 heterocycles. The number of hydrogen-bond acceptors (Lipinski definition) is 2. The van der Waals surface area contributed by atoms with Crippen LogP contribution in [0.4, 0.5) is 17.3 Å². The molecule has 5 rings (SSSR count). The third-order valence-electron chi connectivity index (χ3n) is 5.16. The fraction of sp³-hybridized carbons (Fsp3) is 0.167. The molecular formula is C24H21NOSe. The molecule has 3 heteroatoms. The van der Waals surface area contributed by atoms with Gasteiger partial charge in [-0.3, -0.25) is 0 Å². The maximum absolute atomic E-state index is 6.45. The fourth-order valence-corrected chi connectivity index (χ4v) is 6.47. The molecule has 27 heavy (non-hydrogen) atoms. The average Bonchev–Trinajstić information content (AvgIpc) is 2.98.